The number of ether oxygens (including phenoxy) is 1. The van der Waals surface area contributed by atoms with Gasteiger partial charge in [0.1, 0.15) is 6.07 Å². The third-order valence-corrected chi connectivity index (χ3v) is 5.99. The number of hydrogen-bond acceptors (Lipinski definition) is 4. The number of carbonyl (C=O) groups excluding carboxylic acids is 1. The van der Waals surface area contributed by atoms with Crippen LogP contribution in [0.25, 0.3) is 0 Å². The minimum Gasteiger partial charge on any atom is -0.465 e. The fourth-order valence-corrected chi connectivity index (χ4v) is 4.47. The molecule has 1 heterocycles. The number of aryl methyl sites for hydroxylation is 2. The molecule has 0 saturated carbocycles. The Labute approximate surface area is 167 Å². The summed E-state index contributed by atoms with van der Waals surface area (Å²) in [5.41, 5.74) is 7.06. The van der Waals surface area contributed by atoms with Gasteiger partial charge in [0.15, 0.2) is 0 Å². The molecule has 4 nitrogen and oxygen atoms in total. The first-order valence-electron chi connectivity index (χ1n) is 9.88. The van der Waals surface area contributed by atoms with Gasteiger partial charge in [-0.1, -0.05) is 18.2 Å². The predicted molar refractivity (Wildman–Crippen MR) is 112 cm³/mol. The van der Waals surface area contributed by atoms with Crippen molar-refractivity contribution in [2.24, 2.45) is 5.92 Å². The van der Waals surface area contributed by atoms with Crippen LogP contribution in [0.15, 0.2) is 30.3 Å². The maximum atomic E-state index is 12.2. The summed E-state index contributed by atoms with van der Waals surface area (Å²) in [5, 5.41) is 9.36. The van der Waals surface area contributed by atoms with Gasteiger partial charge in [-0.25, -0.2) is 4.79 Å². The van der Waals surface area contributed by atoms with Gasteiger partial charge in [0.2, 0.25) is 0 Å². The van der Waals surface area contributed by atoms with Gasteiger partial charge >= 0.3 is 5.97 Å². The van der Waals surface area contributed by atoms with Crippen molar-refractivity contribution in [1.82, 2.24) is 0 Å². The molecule has 0 spiro atoms. The smallest absolute Gasteiger partial charge is 0.338 e. The molecular formula is C24H28N2O2. The summed E-state index contributed by atoms with van der Waals surface area (Å²) in [6.45, 7) is 8.06. The van der Waals surface area contributed by atoms with E-state index in [0.29, 0.717) is 11.5 Å². The van der Waals surface area contributed by atoms with E-state index >= 15 is 0 Å². The SMILES string of the molecule is COC(=O)c1c(C)cc(C)c(CC2CCN(c3ccccc3C#N)CC2)c1C. The van der Waals surface area contributed by atoms with Gasteiger partial charge < -0.3 is 9.64 Å². The van der Waals surface area contributed by atoms with Crippen LogP contribution in [0.3, 0.4) is 0 Å². The van der Waals surface area contributed by atoms with E-state index in [1.165, 1.54) is 18.2 Å². The second-order valence-corrected chi connectivity index (χ2v) is 7.74. The van der Waals surface area contributed by atoms with Crippen LogP contribution in [0.2, 0.25) is 0 Å². The molecule has 1 saturated heterocycles. The van der Waals surface area contributed by atoms with Crippen molar-refractivity contribution in [2.45, 2.75) is 40.0 Å². The highest BCUT2D eigenvalue weighted by atomic mass is 16.5. The highest BCUT2D eigenvalue weighted by molar-refractivity contribution is 5.93. The normalized spacial score (nSPS) is 14.6. The lowest BCUT2D eigenvalue weighted by molar-refractivity contribution is 0.0599. The number of nitrogens with zero attached hydrogens (tertiary/aromatic N) is 2. The number of esters is 1. The van der Waals surface area contributed by atoms with Crippen LogP contribution in [0.4, 0.5) is 5.69 Å². The standard InChI is InChI=1S/C24H28N2O2/c1-16-13-17(2)23(24(27)28-4)18(3)21(16)14-19-9-11-26(12-10-19)22-8-6-5-7-20(22)15-25/h5-8,13,19H,9-12,14H2,1-4H3. The molecule has 1 aliphatic heterocycles. The van der Waals surface area contributed by atoms with Crippen LogP contribution < -0.4 is 4.90 Å². The molecule has 4 heteroatoms. The Hall–Kier alpha value is -2.80. The molecule has 0 atom stereocenters. The number of methoxy groups -OCH3 is 1. The Kier molecular flexibility index (Phi) is 6.04. The van der Waals surface area contributed by atoms with Crippen molar-refractivity contribution in [1.29, 1.82) is 5.26 Å². The molecule has 0 unspecified atom stereocenters. The fourth-order valence-electron chi connectivity index (χ4n) is 4.47. The zero-order valence-electron chi connectivity index (χ0n) is 17.2. The van der Waals surface area contributed by atoms with Crippen LogP contribution in [0.5, 0.6) is 0 Å². The van der Waals surface area contributed by atoms with E-state index in [1.807, 2.05) is 38.1 Å². The van der Waals surface area contributed by atoms with E-state index < -0.39 is 0 Å². The van der Waals surface area contributed by atoms with Crippen LogP contribution in [-0.2, 0) is 11.2 Å². The van der Waals surface area contributed by atoms with Crippen LogP contribution >= 0.6 is 0 Å². The van der Waals surface area contributed by atoms with Gasteiger partial charge in [-0.05, 0) is 80.3 Å². The third-order valence-electron chi connectivity index (χ3n) is 5.99. The largest absolute Gasteiger partial charge is 0.465 e. The number of carbonyl (C=O) groups is 1. The summed E-state index contributed by atoms with van der Waals surface area (Å²) in [5.74, 6) is 0.329. The first kappa shape index (κ1) is 19.9. The number of benzene rings is 2. The highest BCUT2D eigenvalue weighted by Crippen LogP contribution is 2.31. The molecule has 1 fully saturated rings. The van der Waals surface area contributed by atoms with Gasteiger partial charge in [0.05, 0.1) is 23.9 Å². The molecule has 1 aliphatic rings. The molecule has 28 heavy (non-hydrogen) atoms. The highest BCUT2D eigenvalue weighted by Gasteiger charge is 2.24. The Balaban J connectivity index is 1.75. The monoisotopic (exact) mass is 376 g/mol. The van der Waals surface area contributed by atoms with Crippen molar-refractivity contribution in [3.8, 4) is 6.07 Å². The maximum Gasteiger partial charge on any atom is 0.338 e. The average Bonchev–Trinajstić information content (AvgIpc) is 2.71. The Bertz CT molecular complexity index is 919. The van der Waals surface area contributed by atoms with Gasteiger partial charge in [-0.3, -0.25) is 0 Å². The summed E-state index contributed by atoms with van der Waals surface area (Å²) >= 11 is 0. The molecule has 0 aromatic heterocycles. The maximum absolute atomic E-state index is 12.2. The van der Waals surface area contributed by atoms with Crippen molar-refractivity contribution < 1.29 is 9.53 Å². The topological polar surface area (TPSA) is 53.3 Å². The first-order valence-corrected chi connectivity index (χ1v) is 9.88. The molecule has 0 bridgehead atoms. The summed E-state index contributed by atoms with van der Waals surface area (Å²) in [6, 6.07) is 12.2. The molecule has 0 radical (unpaired) electrons. The van der Waals surface area contributed by atoms with Crippen molar-refractivity contribution in [3.63, 3.8) is 0 Å². The Morgan fingerprint density at radius 1 is 1.18 bits per heavy atom. The minimum absolute atomic E-state index is 0.251. The predicted octanol–water partition coefficient (Wildman–Crippen LogP) is 4.73. The number of piperidine rings is 1. The zero-order valence-corrected chi connectivity index (χ0v) is 17.2. The molecular weight excluding hydrogens is 348 g/mol. The van der Waals surface area contributed by atoms with Crippen molar-refractivity contribution >= 4 is 11.7 Å². The van der Waals surface area contributed by atoms with E-state index in [9.17, 15) is 10.1 Å². The van der Waals surface area contributed by atoms with Gasteiger partial charge in [-0.15, -0.1) is 0 Å². The lowest BCUT2D eigenvalue weighted by Gasteiger charge is -2.34. The minimum atomic E-state index is -0.251. The van der Waals surface area contributed by atoms with Gasteiger partial charge in [0.25, 0.3) is 0 Å². The first-order chi connectivity index (χ1) is 13.5. The fraction of sp³-hybridized carbons (Fsp3) is 0.417. The third kappa shape index (κ3) is 3.89. The molecule has 0 amide bonds. The molecule has 2 aromatic carbocycles. The molecule has 2 aromatic rings. The van der Waals surface area contributed by atoms with Gasteiger partial charge in [0, 0.05) is 13.1 Å². The lowest BCUT2D eigenvalue weighted by Crippen LogP contribution is -2.35. The molecule has 3 rings (SSSR count). The number of nitriles is 1. The number of para-hydroxylation sites is 1. The molecule has 0 aliphatic carbocycles. The second kappa shape index (κ2) is 8.48. The van der Waals surface area contributed by atoms with E-state index in [2.05, 4.69) is 24.0 Å². The Morgan fingerprint density at radius 2 is 1.86 bits per heavy atom. The van der Waals surface area contributed by atoms with Crippen LogP contribution in [0, 0.1) is 38.0 Å². The van der Waals surface area contributed by atoms with E-state index in [1.54, 1.807) is 0 Å². The second-order valence-electron chi connectivity index (χ2n) is 7.74. The quantitative estimate of drug-likeness (QED) is 0.724. The summed E-state index contributed by atoms with van der Waals surface area (Å²) in [7, 11) is 1.44. The van der Waals surface area contributed by atoms with Gasteiger partial charge in [-0.2, -0.15) is 5.26 Å². The van der Waals surface area contributed by atoms with E-state index in [4.69, 9.17) is 4.74 Å². The molecule has 146 valence electrons. The Morgan fingerprint density at radius 3 is 2.50 bits per heavy atom. The van der Waals surface area contributed by atoms with Crippen molar-refractivity contribution in [3.05, 3.63) is 63.7 Å². The zero-order chi connectivity index (χ0) is 20.3. The lowest BCUT2D eigenvalue weighted by atomic mass is 9.84. The van der Waals surface area contributed by atoms with E-state index in [0.717, 1.165) is 54.7 Å². The number of rotatable bonds is 4. The summed E-state index contributed by atoms with van der Waals surface area (Å²) < 4.78 is 5.00. The summed E-state index contributed by atoms with van der Waals surface area (Å²) in [6.07, 6.45) is 3.15. The van der Waals surface area contributed by atoms with Crippen LogP contribution in [0.1, 0.15) is 51.0 Å². The summed E-state index contributed by atoms with van der Waals surface area (Å²) in [4.78, 5) is 14.5. The average molecular weight is 377 g/mol. The van der Waals surface area contributed by atoms with Crippen molar-refractivity contribution in [2.75, 3.05) is 25.1 Å². The van der Waals surface area contributed by atoms with Crippen LogP contribution in [-0.4, -0.2) is 26.2 Å². The number of hydrogen-bond donors (Lipinski definition) is 0. The number of anilines is 1. The molecule has 0 N–H and O–H groups in total. The van der Waals surface area contributed by atoms with E-state index in [-0.39, 0.29) is 5.97 Å².